The summed E-state index contributed by atoms with van der Waals surface area (Å²) in [7, 11) is 0. The topological polar surface area (TPSA) is 68.3 Å². The van der Waals surface area contributed by atoms with Crippen molar-refractivity contribution in [2.75, 3.05) is 6.54 Å². The van der Waals surface area contributed by atoms with Gasteiger partial charge < -0.3 is 10.1 Å². The van der Waals surface area contributed by atoms with Crippen LogP contribution < -0.4 is 5.32 Å². The second-order valence-corrected chi connectivity index (χ2v) is 5.55. The highest BCUT2D eigenvalue weighted by Crippen LogP contribution is 2.08. The lowest BCUT2D eigenvalue weighted by Crippen LogP contribution is -2.29. The van der Waals surface area contributed by atoms with Gasteiger partial charge in [-0.3, -0.25) is 9.59 Å². The number of carbonyl (C=O) groups excluding carboxylic acids is 2. The Morgan fingerprint density at radius 1 is 1.32 bits per heavy atom. The fourth-order valence-electron chi connectivity index (χ4n) is 1.63. The molecule has 5 nitrogen and oxygen atoms in total. The third-order valence-corrected chi connectivity index (χ3v) is 3.48. The summed E-state index contributed by atoms with van der Waals surface area (Å²) in [6.45, 7) is 1.93. The molecule has 114 valence electrons. The van der Waals surface area contributed by atoms with E-state index in [4.69, 9.17) is 4.74 Å². The predicted octanol–water partition coefficient (Wildman–Crippen LogP) is 2.32. The van der Waals surface area contributed by atoms with E-state index in [-0.39, 0.29) is 19.1 Å². The minimum absolute atomic E-state index is 0.161. The second kappa shape index (κ2) is 8.09. The van der Waals surface area contributed by atoms with Crippen molar-refractivity contribution in [3.8, 4) is 0 Å². The average molecular weight is 316 g/mol. The van der Waals surface area contributed by atoms with Crippen molar-refractivity contribution in [2.24, 2.45) is 0 Å². The number of aromatic nitrogens is 1. The maximum atomic E-state index is 11.6. The van der Waals surface area contributed by atoms with E-state index in [1.807, 2.05) is 42.6 Å². The molecule has 2 aromatic rings. The number of benzene rings is 1. The van der Waals surface area contributed by atoms with E-state index in [0.29, 0.717) is 0 Å². The van der Waals surface area contributed by atoms with Crippen molar-refractivity contribution >= 4 is 29.3 Å². The normalized spacial score (nSPS) is 10.6. The summed E-state index contributed by atoms with van der Waals surface area (Å²) in [5, 5.41) is 5.26. The van der Waals surface area contributed by atoms with Gasteiger partial charge in [0.15, 0.2) is 0 Å². The number of esters is 1. The van der Waals surface area contributed by atoms with Crippen LogP contribution in [-0.4, -0.2) is 23.4 Å². The molecular formula is C16H16N2O3S. The molecule has 0 spiro atoms. The number of hydrogen-bond donors (Lipinski definition) is 1. The van der Waals surface area contributed by atoms with Crippen LogP contribution in [0.15, 0.2) is 41.8 Å². The molecule has 6 heteroatoms. The molecule has 0 saturated heterocycles. The monoisotopic (exact) mass is 316 g/mol. The first kappa shape index (κ1) is 15.9. The first-order chi connectivity index (χ1) is 10.6. The van der Waals surface area contributed by atoms with Crippen molar-refractivity contribution in [2.45, 2.75) is 13.5 Å². The van der Waals surface area contributed by atoms with Gasteiger partial charge in [-0.05, 0) is 18.6 Å². The molecule has 0 saturated carbocycles. The molecule has 1 aromatic carbocycles. The van der Waals surface area contributed by atoms with Crippen LogP contribution in [0.25, 0.3) is 6.08 Å². The Kier molecular flexibility index (Phi) is 5.85. The summed E-state index contributed by atoms with van der Waals surface area (Å²) in [5.41, 5.74) is 1.63. The van der Waals surface area contributed by atoms with Gasteiger partial charge >= 0.3 is 5.97 Å². The van der Waals surface area contributed by atoms with Crippen LogP contribution >= 0.6 is 11.3 Å². The van der Waals surface area contributed by atoms with Gasteiger partial charge in [0.1, 0.15) is 13.2 Å². The highest BCUT2D eigenvalue weighted by molar-refractivity contribution is 7.09. The van der Waals surface area contributed by atoms with Gasteiger partial charge in [-0.1, -0.05) is 30.3 Å². The average Bonchev–Trinajstić information content (AvgIpc) is 2.95. The molecule has 0 aliphatic rings. The minimum atomic E-state index is -0.477. The number of rotatable bonds is 6. The van der Waals surface area contributed by atoms with Gasteiger partial charge in [0.2, 0.25) is 5.91 Å². The lowest BCUT2D eigenvalue weighted by atomic mass is 10.2. The molecule has 0 fully saturated rings. The van der Waals surface area contributed by atoms with Crippen LogP contribution in [0.1, 0.15) is 16.3 Å². The van der Waals surface area contributed by atoms with Crippen molar-refractivity contribution < 1.29 is 14.3 Å². The molecule has 0 unspecified atom stereocenters. The largest absolute Gasteiger partial charge is 0.460 e. The fraction of sp³-hybridized carbons (Fsp3) is 0.188. The molecule has 2 rings (SSSR count). The number of ether oxygens (including phenoxy) is 1. The molecule has 22 heavy (non-hydrogen) atoms. The zero-order chi connectivity index (χ0) is 15.8. The van der Waals surface area contributed by atoms with E-state index in [1.54, 1.807) is 6.08 Å². The summed E-state index contributed by atoms with van der Waals surface area (Å²) in [6.07, 6.45) is 2.95. The molecule has 0 atom stereocenters. The number of amides is 1. The summed E-state index contributed by atoms with van der Waals surface area (Å²) in [5.74, 6) is -0.836. The Balaban J connectivity index is 1.69. The third-order valence-electron chi connectivity index (χ3n) is 2.69. The Bertz CT molecular complexity index is 665. The van der Waals surface area contributed by atoms with E-state index in [0.717, 1.165) is 16.3 Å². The van der Waals surface area contributed by atoms with Crippen LogP contribution in [0, 0.1) is 6.92 Å². The van der Waals surface area contributed by atoms with E-state index in [9.17, 15) is 9.59 Å². The smallest absolute Gasteiger partial charge is 0.325 e. The highest BCUT2D eigenvalue weighted by atomic mass is 32.1. The van der Waals surface area contributed by atoms with Crippen LogP contribution in [0.4, 0.5) is 0 Å². The lowest BCUT2D eigenvalue weighted by molar-refractivity contribution is -0.144. The van der Waals surface area contributed by atoms with Crippen LogP contribution in [0.2, 0.25) is 0 Å². The molecule has 1 N–H and O–H groups in total. The molecule has 0 aliphatic carbocycles. The number of nitrogens with zero attached hydrogens (tertiary/aromatic N) is 1. The first-order valence-electron chi connectivity index (χ1n) is 6.71. The van der Waals surface area contributed by atoms with Crippen molar-refractivity contribution in [3.63, 3.8) is 0 Å². The van der Waals surface area contributed by atoms with Crippen LogP contribution in [0.5, 0.6) is 0 Å². The second-order valence-electron chi connectivity index (χ2n) is 4.49. The Labute approximate surface area is 132 Å². The maximum Gasteiger partial charge on any atom is 0.325 e. The molecular weight excluding hydrogens is 300 g/mol. The van der Waals surface area contributed by atoms with E-state index >= 15 is 0 Å². The van der Waals surface area contributed by atoms with Gasteiger partial charge in [0, 0.05) is 11.5 Å². The highest BCUT2D eigenvalue weighted by Gasteiger charge is 2.05. The van der Waals surface area contributed by atoms with Gasteiger partial charge in [0.05, 0.1) is 10.7 Å². The lowest BCUT2D eigenvalue weighted by Gasteiger charge is -2.05. The molecule has 1 heterocycles. The molecule has 0 aliphatic heterocycles. The Hall–Kier alpha value is -2.47. The van der Waals surface area contributed by atoms with E-state index in [1.165, 1.54) is 17.4 Å². The van der Waals surface area contributed by atoms with Crippen molar-refractivity contribution in [3.05, 3.63) is 58.1 Å². The van der Waals surface area contributed by atoms with Crippen molar-refractivity contribution in [1.82, 2.24) is 10.3 Å². The summed E-state index contributed by atoms with van der Waals surface area (Å²) < 4.78 is 5.06. The van der Waals surface area contributed by atoms with Gasteiger partial charge in [0.25, 0.3) is 0 Å². The number of nitrogens with one attached hydrogen (secondary N) is 1. The van der Waals surface area contributed by atoms with E-state index in [2.05, 4.69) is 10.3 Å². The SMILES string of the molecule is Cc1nc(/C=C/C(=O)NCC(=O)OCc2ccccc2)cs1. The standard InChI is InChI=1S/C16H16N2O3S/c1-12-18-14(11-22-12)7-8-15(19)17-9-16(20)21-10-13-5-3-2-4-6-13/h2-8,11H,9-10H2,1H3,(H,17,19)/b8-7+. The number of thiazole rings is 1. The third kappa shape index (κ3) is 5.49. The van der Waals surface area contributed by atoms with Crippen LogP contribution in [-0.2, 0) is 20.9 Å². The Morgan fingerprint density at radius 2 is 2.09 bits per heavy atom. The summed E-state index contributed by atoms with van der Waals surface area (Å²) in [6, 6.07) is 9.36. The quantitative estimate of drug-likeness (QED) is 0.656. The van der Waals surface area contributed by atoms with Gasteiger partial charge in [-0.15, -0.1) is 11.3 Å². The molecule has 1 aromatic heterocycles. The zero-order valence-electron chi connectivity index (χ0n) is 12.1. The fourth-order valence-corrected chi connectivity index (χ4v) is 2.21. The molecule has 0 bridgehead atoms. The first-order valence-corrected chi connectivity index (χ1v) is 7.59. The molecule has 1 amide bonds. The number of aryl methyl sites for hydroxylation is 1. The van der Waals surface area contributed by atoms with E-state index < -0.39 is 5.97 Å². The maximum absolute atomic E-state index is 11.6. The Morgan fingerprint density at radius 3 is 2.77 bits per heavy atom. The minimum Gasteiger partial charge on any atom is -0.460 e. The van der Waals surface area contributed by atoms with Gasteiger partial charge in [-0.25, -0.2) is 4.98 Å². The van der Waals surface area contributed by atoms with Crippen molar-refractivity contribution in [1.29, 1.82) is 0 Å². The molecule has 0 radical (unpaired) electrons. The predicted molar refractivity (Wildman–Crippen MR) is 85.1 cm³/mol. The summed E-state index contributed by atoms with van der Waals surface area (Å²) >= 11 is 1.51. The van der Waals surface area contributed by atoms with Gasteiger partial charge in [-0.2, -0.15) is 0 Å². The zero-order valence-corrected chi connectivity index (χ0v) is 12.9. The number of hydrogen-bond acceptors (Lipinski definition) is 5. The van der Waals surface area contributed by atoms with Crippen LogP contribution in [0.3, 0.4) is 0 Å². The number of carbonyl (C=O) groups is 2. The summed E-state index contributed by atoms with van der Waals surface area (Å²) in [4.78, 5) is 27.3.